The molecule has 0 aliphatic carbocycles. The first-order valence-electron chi connectivity index (χ1n) is 9.91. The van der Waals surface area contributed by atoms with Crippen molar-refractivity contribution in [3.63, 3.8) is 0 Å². The molecule has 2 unspecified atom stereocenters. The Morgan fingerprint density at radius 3 is 2.29 bits per heavy atom. The predicted octanol–water partition coefficient (Wildman–Crippen LogP) is 2.71. The van der Waals surface area contributed by atoms with Gasteiger partial charge < -0.3 is 14.5 Å². The van der Waals surface area contributed by atoms with Gasteiger partial charge in [-0.05, 0) is 30.2 Å². The summed E-state index contributed by atoms with van der Waals surface area (Å²) in [4.78, 5) is 30.1. The Hall–Kier alpha value is -2.66. The Morgan fingerprint density at radius 1 is 0.893 bits per heavy atom. The zero-order chi connectivity index (χ0) is 19.5. The molecule has 5 heteroatoms. The maximum Gasteiger partial charge on any atom is 0.253 e. The van der Waals surface area contributed by atoms with Crippen LogP contribution in [0, 0.1) is 12.8 Å². The summed E-state index contributed by atoms with van der Waals surface area (Å²) in [6, 6.07) is 17.5. The number of aryl methyl sites for hydroxylation is 1. The van der Waals surface area contributed by atoms with Crippen LogP contribution in [0.5, 0.6) is 0 Å². The lowest BCUT2D eigenvalue weighted by atomic mass is 9.85. The molecule has 2 amide bonds. The Bertz CT molecular complexity index is 846. The Kier molecular flexibility index (Phi) is 5.44. The van der Waals surface area contributed by atoms with Crippen LogP contribution in [0.15, 0.2) is 54.6 Å². The molecule has 0 bridgehead atoms. The van der Waals surface area contributed by atoms with Crippen LogP contribution in [0.1, 0.15) is 27.4 Å². The minimum absolute atomic E-state index is 0.00328. The molecule has 4 rings (SSSR count). The normalized spacial score (nSPS) is 22.3. The number of likely N-dealkylation sites (tertiary alicyclic amines) is 1. The molecule has 2 aromatic rings. The smallest absolute Gasteiger partial charge is 0.253 e. The minimum Gasteiger partial charge on any atom is -0.378 e. The van der Waals surface area contributed by atoms with Crippen molar-refractivity contribution < 1.29 is 14.3 Å². The maximum absolute atomic E-state index is 13.3. The minimum atomic E-state index is -0.216. The number of morpholine rings is 1. The fourth-order valence-electron chi connectivity index (χ4n) is 4.32. The highest BCUT2D eigenvalue weighted by atomic mass is 16.5. The number of ether oxygens (including phenoxy) is 1. The largest absolute Gasteiger partial charge is 0.378 e. The molecular weight excluding hydrogens is 352 g/mol. The van der Waals surface area contributed by atoms with E-state index in [0.29, 0.717) is 45.0 Å². The fraction of sp³-hybridized carbons (Fsp3) is 0.391. The zero-order valence-electron chi connectivity index (χ0n) is 16.2. The number of nitrogens with zero attached hydrogens (tertiary/aromatic N) is 2. The topological polar surface area (TPSA) is 49.9 Å². The molecular formula is C23H26N2O3. The first-order valence-corrected chi connectivity index (χ1v) is 9.91. The van der Waals surface area contributed by atoms with E-state index in [-0.39, 0.29) is 23.7 Å². The van der Waals surface area contributed by atoms with Gasteiger partial charge in [-0.25, -0.2) is 0 Å². The van der Waals surface area contributed by atoms with Crippen molar-refractivity contribution in [2.45, 2.75) is 12.8 Å². The second kappa shape index (κ2) is 8.15. The molecule has 2 fully saturated rings. The summed E-state index contributed by atoms with van der Waals surface area (Å²) in [6.07, 6.45) is 0. The van der Waals surface area contributed by atoms with Crippen LogP contribution in [0.25, 0.3) is 0 Å². The van der Waals surface area contributed by atoms with Crippen LogP contribution in [0.4, 0.5) is 0 Å². The molecule has 5 nitrogen and oxygen atoms in total. The monoisotopic (exact) mass is 378 g/mol. The molecule has 146 valence electrons. The second-order valence-electron chi connectivity index (χ2n) is 7.58. The molecule has 0 spiro atoms. The Balaban J connectivity index is 1.62. The molecule has 2 atom stereocenters. The second-order valence-corrected chi connectivity index (χ2v) is 7.58. The van der Waals surface area contributed by atoms with Crippen LogP contribution < -0.4 is 0 Å². The van der Waals surface area contributed by atoms with Gasteiger partial charge in [0, 0.05) is 37.7 Å². The highest BCUT2D eigenvalue weighted by molar-refractivity contribution is 5.95. The van der Waals surface area contributed by atoms with Crippen LogP contribution >= 0.6 is 0 Å². The highest BCUT2D eigenvalue weighted by Gasteiger charge is 2.42. The van der Waals surface area contributed by atoms with E-state index in [0.717, 1.165) is 5.56 Å². The van der Waals surface area contributed by atoms with E-state index in [4.69, 9.17) is 4.74 Å². The number of amides is 2. The van der Waals surface area contributed by atoms with Crippen LogP contribution in [-0.2, 0) is 9.53 Å². The van der Waals surface area contributed by atoms with Crippen molar-refractivity contribution in [3.8, 4) is 0 Å². The molecule has 0 aromatic heterocycles. The molecule has 2 saturated heterocycles. The third kappa shape index (κ3) is 3.67. The number of benzene rings is 2. The van der Waals surface area contributed by atoms with Gasteiger partial charge in [0.25, 0.3) is 5.91 Å². The van der Waals surface area contributed by atoms with Gasteiger partial charge in [-0.1, -0.05) is 42.5 Å². The SMILES string of the molecule is Cc1ccccc1C1CN(C(=O)c2ccccc2)CC1C(=O)N1CCOCC1. The van der Waals surface area contributed by atoms with E-state index in [9.17, 15) is 9.59 Å². The van der Waals surface area contributed by atoms with Crippen molar-refractivity contribution in [3.05, 3.63) is 71.3 Å². The number of carbonyl (C=O) groups is 2. The van der Waals surface area contributed by atoms with Gasteiger partial charge in [0.05, 0.1) is 19.1 Å². The van der Waals surface area contributed by atoms with Gasteiger partial charge in [0.15, 0.2) is 0 Å². The Labute approximate surface area is 165 Å². The highest BCUT2D eigenvalue weighted by Crippen LogP contribution is 2.36. The summed E-state index contributed by atoms with van der Waals surface area (Å²) < 4.78 is 5.40. The zero-order valence-corrected chi connectivity index (χ0v) is 16.2. The van der Waals surface area contributed by atoms with E-state index in [2.05, 4.69) is 19.1 Å². The molecule has 0 N–H and O–H groups in total. The van der Waals surface area contributed by atoms with Crippen molar-refractivity contribution in [1.29, 1.82) is 0 Å². The summed E-state index contributed by atoms with van der Waals surface area (Å²) in [5, 5.41) is 0. The predicted molar refractivity (Wildman–Crippen MR) is 107 cm³/mol. The quantitative estimate of drug-likeness (QED) is 0.825. The number of rotatable bonds is 3. The van der Waals surface area contributed by atoms with Crippen molar-refractivity contribution in [2.24, 2.45) is 5.92 Å². The lowest BCUT2D eigenvalue weighted by molar-refractivity contribution is -0.139. The number of hydrogen-bond acceptors (Lipinski definition) is 3. The summed E-state index contributed by atoms with van der Waals surface area (Å²) >= 11 is 0. The molecule has 0 radical (unpaired) electrons. The summed E-state index contributed by atoms with van der Waals surface area (Å²) in [5.74, 6) is -0.0626. The first-order chi connectivity index (χ1) is 13.6. The third-order valence-electron chi connectivity index (χ3n) is 5.86. The van der Waals surface area contributed by atoms with E-state index in [1.165, 1.54) is 5.56 Å². The van der Waals surface area contributed by atoms with Gasteiger partial charge in [-0.15, -0.1) is 0 Å². The van der Waals surface area contributed by atoms with Crippen molar-refractivity contribution >= 4 is 11.8 Å². The summed E-state index contributed by atoms with van der Waals surface area (Å²) in [6.45, 7) is 5.53. The third-order valence-corrected chi connectivity index (χ3v) is 5.86. The van der Waals surface area contributed by atoms with Crippen LogP contribution in [0.2, 0.25) is 0 Å². The molecule has 2 heterocycles. The van der Waals surface area contributed by atoms with E-state index < -0.39 is 0 Å². The first kappa shape index (κ1) is 18.7. The molecule has 2 aliphatic heterocycles. The molecule has 2 aliphatic rings. The van der Waals surface area contributed by atoms with Gasteiger partial charge in [0.2, 0.25) is 5.91 Å². The van der Waals surface area contributed by atoms with Crippen molar-refractivity contribution in [1.82, 2.24) is 9.80 Å². The van der Waals surface area contributed by atoms with E-state index in [1.807, 2.05) is 52.3 Å². The van der Waals surface area contributed by atoms with Gasteiger partial charge >= 0.3 is 0 Å². The average Bonchev–Trinajstić information content (AvgIpc) is 3.19. The van der Waals surface area contributed by atoms with E-state index >= 15 is 0 Å². The maximum atomic E-state index is 13.3. The Morgan fingerprint density at radius 2 is 1.57 bits per heavy atom. The summed E-state index contributed by atoms with van der Waals surface area (Å²) in [5.41, 5.74) is 3.00. The van der Waals surface area contributed by atoms with Crippen LogP contribution in [0.3, 0.4) is 0 Å². The fourth-order valence-corrected chi connectivity index (χ4v) is 4.32. The van der Waals surface area contributed by atoms with Crippen LogP contribution in [-0.4, -0.2) is 61.0 Å². The lowest BCUT2D eigenvalue weighted by Crippen LogP contribution is -2.45. The van der Waals surface area contributed by atoms with E-state index in [1.54, 1.807) is 0 Å². The molecule has 0 saturated carbocycles. The molecule has 2 aromatic carbocycles. The average molecular weight is 378 g/mol. The number of hydrogen-bond donors (Lipinski definition) is 0. The van der Waals surface area contributed by atoms with Crippen molar-refractivity contribution in [2.75, 3.05) is 39.4 Å². The number of carbonyl (C=O) groups excluding carboxylic acids is 2. The van der Waals surface area contributed by atoms with Gasteiger partial charge in [0.1, 0.15) is 0 Å². The van der Waals surface area contributed by atoms with Gasteiger partial charge in [-0.2, -0.15) is 0 Å². The summed E-state index contributed by atoms with van der Waals surface area (Å²) in [7, 11) is 0. The molecule has 28 heavy (non-hydrogen) atoms. The van der Waals surface area contributed by atoms with Gasteiger partial charge in [-0.3, -0.25) is 9.59 Å². The lowest BCUT2D eigenvalue weighted by Gasteiger charge is -2.31. The standard InChI is InChI=1S/C23H26N2O3/c1-17-7-5-6-10-19(17)20-15-25(22(26)18-8-3-2-4-9-18)16-21(20)23(27)24-11-13-28-14-12-24/h2-10,20-21H,11-16H2,1H3.